The topological polar surface area (TPSA) is 63.7 Å². The molecule has 1 aromatic carbocycles. The van der Waals surface area contributed by atoms with Gasteiger partial charge in [0.05, 0.1) is 10.6 Å². The average molecular weight is 358 g/mol. The molecule has 0 N–H and O–H groups in total. The van der Waals surface area contributed by atoms with Gasteiger partial charge in [-0.3, -0.25) is 0 Å². The van der Waals surface area contributed by atoms with Crippen molar-refractivity contribution in [3.8, 4) is 0 Å². The van der Waals surface area contributed by atoms with E-state index in [0.717, 1.165) is 38.5 Å². The van der Waals surface area contributed by atoms with Crippen LogP contribution in [0.15, 0.2) is 23.1 Å². The van der Waals surface area contributed by atoms with Crippen molar-refractivity contribution < 1.29 is 17.9 Å². The summed E-state index contributed by atoms with van der Waals surface area (Å²) in [5.74, 6) is -0.480. The summed E-state index contributed by atoms with van der Waals surface area (Å²) >= 11 is 6.08. The Morgan fingerprint density at radius 1 is 1.13 bits per heavy atom. The minimum Gasteiger partial charge on any atom is -0.459 e. The van der Waals surface area contributed by atoms with Gasteiger partial charge in [-0.2, -0.15) is 4.31 Å². The zero-order chi connectivity index (χ0) is 16.4. The molecule has 23 heavy (non-hydrogen) atoms. The standard InChI is InChI=1S/C16H20ClNO4S/c17-14-8-7-12(16(19)22-13-5-1-2-6-13)11-15(14)23(20,21)18-9-3-4-10-18/h7-8,11,13H,1-6,9-10H2. The van der Waals surface area contributed by atoms with Gasteiger partial charge in [-0.1, -0.05) is 11.6 Å². The number of hydrogen-bond donors (Lipinski definition) is 0. The average Bonchev–Trinajstić information content (AvgIpc) is 3.21. The Balaban J connectivity index is 1.85. The first-order valence-corrected chi connectivity index (χ1v) is 9.81. The van der Waals surface area contributed by atoms with Crippen LogP contribution in [0.3, 0.4) is 0 Å². The third-order valence-electron chi connectivity index (χ3n) is 4.43. The van der Waals surface area contributed by atoms with Crippen molar-refractivity contribution in [2.75, 3.05) is 13.1 Å². The van der Waals surface area contributed by atoms with E-state index in [-0.39, 0.29) is 21.6 Å². The Morgan fingerprint density at radius 2 is 1.78 bits per heavy atom. The van der Waals surface area contributed by atoms with Crippen LogP contribution in [0.4, 0.5) is 0 Å². The fourth-order valence-corrected chi connectivity index (χ4v) is 5.14. The molecule has 0 unspecified atom stereocenters. The van der Waals surface area contributed by atoms with Gasteiger partial charge >= 0.3 is 5.97 Å². The maximum Gasteiger partial charge on any atom is 0.338 e. The van der Waals surface area contributed by atoms with E-state index in [0.29, 0.717) is 13.1 Å². The summed E-state index contributed by atoms with van der Waals surface area (Å²) in [7, 11) is -3.66. The second-order valence-electron chi connectivity index (χ2n) is 6.07. The second kappa shape index (κ2) is 6.79. The summed E-state index contributed by atoms with van der Waals surface area (Å²) in [6.45, 7) is 0.991. The van der Waals surface area contributed by atoms with Gasteiger partial charge in [0.25, 0.3) is 0 Å². The molecule has 0 radical (unpaired) electrons. The first kappa shape index (κ1) is 16.7. The molecule has 0 atom stereocenters. The van der Waals surface area contributed by atoms with Gasteiger partial charge < -0.3 is 4.74 Å². The number of nitrogens with zero attached hydrogens (tertiary/aromatic N) is 1. The molecule has 0 spiro atoms. The van der Waals surface area contributed by atoms with Crippen molar-refractivity contribution in [2.24, 2.45) is 0 Å². The molecular formula is C16H20ClNO4S. The number of esters is 1. The van der Waals surface area contributed by atoms with E-state index in [1.807, 2.05) is 0 Å². The Kier molecular flexibility index (Phi) is 4.94. The highest BCUT2D eigenvalue weighted by molar-refractivity contribution is 7.89. The number of carbonyl (C=O) groups excluding carboxylic acids is 1. The molecule has 0 aromatic heterocycles. The maximum absolute atomic E-state index is 12.7. The zero-order valence-corrected chi connectivity index (χ0v) is 14.4. The van der Waals surface area contributed by atoms with Gasteiger partial charge in [-0.25, -0.2) is 13.2 Å². The number of halogens is 1. The lowest BCUT2D eigenvalue weighted by molar-refractivity contribution is 0.0317. The highest BCUT2D eigenvalue weighted by Crippen LogP contribution is 2.29. The molecule has 1 heterocycles. The maximum atomic E-state index is 12.7. The van der Waals surface area contributed by atoms with Crippen LogP contribution in [-0.2, 0) is 14.8 Å². The summed E-state index contributed by atoms with van der Waals surface area (Å²) in [5.41, 5.74) is 0.235. The molecule has 0 amide bonds. The fourth-order valence-electron chi connectivity index (χ4n) is 3.12. The summed E-state index contributed by atoms with van der Waals surface area (Å²) in [4.78, 5) is 12.2. The van der Waals surface area contributed by atoms with Crippen molar-refractivity contribution in [3.63, 3.8) is 0 Å². The SMILES string of the molecule is O=C(OC1CCCC1)c1ccc(Cl)c(S(=O)(=O)N2CCCC2)c1. The lowest BCUT2D eigenvalue weighted by Gasteiger charge is -2.17. The van der Waals surface area contributed by atoms with Crippen molar-refractivity contribution in [1.82, 2.24) is 4.31 Å². The Hall–Kier alpha value is -1.11. The zero-order valence-electron chi connectivity index (χ0n) is 12.8. The van der Waals surface area contributed by atoms with E-state index in [1.54, 1.807) is 0 Å². The van der Waals surface area contributed by atoms with E-state index in [4.69, 9.17) is 16.3 Å². The summed E-state index contributed by atoms with van der Waals surface area (Å²) < 4.78 is 32.2. The number of sulfonamides is 1. The van der Waals surface area contributed by atoms with E-state index in [2.05, 4.69) is 0 Å². The lowest BCUT2D eigenvalue weighted by Crippen LogP contribution is -2.28. The summed E-state index contributed by atoms with van der Waals surface area (Å²) in [6.07, 6.45) is 5.51. The van der Waals surface area contributed by atoms with E-state index in [1.165, 1.54) is 22.5 Å². The third kappa shape index (κ3) is 3.54. The Morgan fingerprint density at radius 3 is 2.43 bits per heavy atom. The normalized spacial score (nSPS) is 20.0. The highest BCUT2D eigenvalue weighted by atomic mass is 35.5. The number of benzene rings is 1. The predicted octanol–water partition coefficient (Wildman–Crippen LogP) is 3.22. The third-order valence-corrected chi connectivity index (χ3v) is 6.81. The molecule has 2 aliphatic rings. The first-order valence-electron chi connectivity index (χ1n) is 7.99. The largest absolute Gasteiger partial charge is 0.459 e. The minimum atomic E-state index is -3.66. The molecule has 1 aromatic rings. The van der Waals surface area contributed by atoms with Crippen LogP contribution in [0.5, 0.6) is 0 Å². The molecule has 1 saturated heterocycles. The van der Waals surface area contributed by atoms with Crippen molar-refractivity contribution in [3.05, 3.63) is 28.8 Å². The number of rotatable bonds is 4. The van der Waals surface area contributed by atoms with Crippen LogP contribution in [0.1, 0.15) is 48.9 Å². The van der Waals surface area contributed by atoms with Gasteiger partial charge in [0.1, 0.15) is 11.0 Å². The van der Waals surface area contributed by atoms with E-state index >= 15 is 0 Å². The number of hydrogen-bond acceptors (Lipinski definition) is 4. The van der Waals surface area contributed by atoms with E-state index in [9.17, 15) is 13.2 Å². The molecule has 7 heteroatoms. The quantitative estimate of drug-likeness (QED) is 0.776. The first-order chi connectivity index (χ1) is 11.0. The second-order valence-corrected chi connectivity index (χ2v) is 8.38. The van der Waals surface area contributed by atoms with E-state index < -0.39 is 16.0 Å². The van der Waals surface area contributed by atoms with Crippen LogP contribution in [-0.4, -0.2) is 37.9 Å². The van der Waals surface area contributed by atoms with Gasteiger partial charge in [-0.05, 0) is 56.7 Å². The Labute approximate surface area is 141 Å². The highest BCUT2D eigenvalue weighted by Gasteiger charge is 2.30. The van der Waals surface area contributed by atoms with Gasteiger partial charge in [0, 0.05) is 13.1 Å². The molecule has 1 aliphatic heterocycles. The van der Waals surface area contributed by atoms with Crippen LogP contribution in [0.25, 0.3) is 0 Å². The summed E-state index contributed by atoms with van der Waals surface area (Å²) in [6, 6.07) is 4.31. The number of ether oxygens (including phenoxy) is 1. The Bertz CT molecular complexity index is 692. The van der Waals surface area contributed by atoms with Crippen LogP contribution >= 0.6 is 11.6 Å². The predicted molar refractivity (Wildman–Crippen MR) is 87.1 cm³/mol. The smallest absolute Gasteiger partial charge is 0.338 e. The molecule has 3 rings (SSSR count). The minimum absolute atomic E-state index is 0.0121. The van der Waals surface area contributed by atoms with Crippen LogP contribution in [0, 0.1) is 0 Å². The molecule has 2 fully saturated rings. The molecule has 5 nitrogen and oxygen atoms in total. The van der Waals surface area contributed by atoms with Gasteiger partial charge in [0.2, 0.25) is 10.0 Å². The van der Waals surface area contributed by atoms with Crippen molar-refractivity contribution >= 4 is 27.6 Å². The summed E-state index contributed by atoms with van der Waals surface area (Å²) in [5, 5.41) is 0.134. The van der Waals surface area contributed by atoms with Crippen molar-refractivity contribution in [1.29, 1.82) is 0 Å². The lowest BCUT2D eigenvalue weighted by atomic mass is 10.2. The van der Waals surface area contributed by atoms with Crippen LogP contribution in [0.2, 0.25) is 5.02 Å². The van der Waals surface area contributed by atoms with Crippen molar-refractivity contribution in [2.45, 2.75) is 49.5 Å². The molecule has 126 valence electrons. The molecule has 0 bridgehead atoms. The van der Waals surface area contributed by atoms with Crippen LogP contribution < -0.4 is 0 Å². The molecular weight excluding hydrogens is 338 g/mol. The molecule has 1 aliphatic carbocycles. The monoisotopic (exact) mass is 357 g/mol. The molecule has 1 saturated carbocycles. The number of carbonyl (C=O) groups is 1. The fraction of sp³-hybridized carbons (Fsp3) is 0.562. The van der Waals surface area contributed by atoms with Gasteiger partial charge in [-0.15, -0.1) is 0 Å². The van der Waals surface area contributed by atoms with Gasteiger partial charge in [0.15, 0.2) is 0 Å².